The average Bonchev–Trinajstić information content (AvgIpc) is 3.14. The number of likely N-dealkylation sites (tertiary alicyclic amines) is 1. The number of carbonyl (C=O) groups excluding carboxylic acids is 2. The van der Waals surface area contributed by atoms with Crippen molar-refractivity contribution in [2.75, 3.05) is 11.9 Å². The number of rotatable bonds is 5. The van der Waals surface area contributed by atoms with Crippen LogP contribution in [-0.4, -0.2) is 41.1 Å². The van der Waals surface area contributed by atoms with E-state index in [1.807, 2.05) is 30.3 Å². The molecule has 0 saturated carbocycles. The van der Waals surface area contributed by atoms with Crippen molar-refractivity contribution in [2.45, 2.75) is 44.9 Å². The zero-order valence-corrected chi connectivity index (χ0v) is 17.7. The quantitative estimate of drug-likeness (QED) is 0.409. The number of carbonyl (C=O) groups is 2. The molecule has 2 atom stereocenters. The fourth-order valence-electron chi connectivity index (χ4n) is 3.20. The van der Waals surface area contributed by atoms with E-state index in [-0.39, 0.29) is 18.9 Å². The molecule has 1 heterocycles. The van der Waals surface area contributed by atoms with Gasteiger partial charge in [-0.15, -0.1) is 0 Å². The van der Waals surface area contributed by atoms with E-state index in [2.05, 4.69) is 15.3 Å². The van der Waals surface area contributed by atoms with Gasteiger partial charge < -0.3 is 14.8 Å². The van der Waals surface area contributed by atoms with Crippen molar-refractivity contribution in [1.29, 1.82) is 0 Å². The van der Waals surface area contributed by atoms with Gasteiger partial charge in [0.05, 0.1) is 6.04 Å². The van der Waals surface area contributed by atoms with E-state index in [0.717, 1.165) is 0 Å². The maximum absolute atomic E-state index is 12.9. The number of azide groups is 1. The molecule has 1 unspecified atom stereocenters. The number of hydrogen-bond donors (Lipinski definition) is 1. The largest absolute Gasteiger partial charge is 0.457 e. The number of benzene rings is 2. The Morgan fingerprint density at radius 1 is 1.10 bits per heavy atom. The maximum atomic E-state index is 12.9. The first kappa shape index (κ1) is 22.0. The number of amides is 2. The summed E-state index contributed by atoms with van der Waals surface area (Å²) < 4.78 is 11.2. The minimum Gasteiger partial charge on any atom is -0.457 e. The molecule has 1 saturated heterocycles. The van der Waals surface area contributed by atoms with Crippen molar-refractivity contribution in [2.24, 2.45) is 5.11 Å². The highest BCUT2D eigenvalue weighted by Crippen LogP contribution is 2.26. The average molecular weight is 423 g/mol. The Balaban J connectivity index is 1.68. The summed E-state index contributed by atoms with van der Waals surface area (Å²) in [6.07, 6.45) is -0.389. The molecule has 0 spiro atoms. The molecule has 1 aliphatic heterocycles. The van der Waals surface area contributed by atoms with Crippen LogP contribution in [-0.2, 0) is 9.53 Å². The van der Waals surface area contributed by atoms with Crippen molar-refractivity contribution >= 4 is 17.7 Å². The fraction of sp³-hybridized carbons (Fsp3) is 0.364. The molecule has 31 heavy (non-hydrogen) atoms. The third-order valence-corrected chi connectivity index (χ3v) is 4.53. The zero-order valence-electron chi connectivity index (χ0n) is 17.7. The maximum Gasteiger partial charge on any atom is 0.410 e. The SMILES string of the molecule is CC(C)(C)OC(=O)N1CC(N=[N+]=[N-])C[C@H]1C(=O)Nc1ccc(Oc2ccccc2)cc1. The van der Waals surface area contributed by atoms with Gasteiger partial charge in [0, 0.05) is 17.1 Å². The van der Waals surface area contributed by atoms with Crippen molar-refractivity contribution in [3.8, 4) is 11.5 Å². The summed E-state index contributed by atoms with van der Waals surface area (Å²) in [6.45, 7) is 5.38. The predicted octanol–water partition coefficient (Wildman–Crippen LogP) is 5.11. The van der Waals surface area contributed by atoms with Gasteiger partial charge in [0.1, 0.15) is 23.1 Å². The normalized spacial score (nSPS) is 18.1. The standard InChI is InChI=1S/C22H25N5O4/c1-22(2,3)31-21(29)27-14-16(25-26-23)13-19(27)20(28)24-15-9-11-18(12-10-15)30-17-7-5-4-6-8-17/h4-12,16,19H,13-14H2,1-3H3,(H,24,28)/t16?,19-/m0/s1. The van der Waals surface area contributed by atoms with Gasteiger partial charge >= 0.3 is 6.09 Å². The third kappa shape index (κ3) is 6.13. The van der Waals surface area contributed by atoms with Gasteiger partial charge in [0.25, 0.3) is 0 Å². The van der Waals surface area contributed by atoms with E-state index in [1.54, 1.807) is 45.0 Å². The van der Waals surface area contributed by atoms with Crippen LogP contribution in [0.2, 0.25) is 0 Å². The number of ether oxygens (including phenoxy) is 2. The molecular weight excluding hydrogens is 398 g/mol. The van der Waals surface area contributed by atoms with Gasteiger partial charge in [0.15, 0.2) is 0 Å². The second-order valence-corrected chi connectivity index (χ2v) is 8.17. The van der Waals surface area contributed by atoms with Crippen molar-refractivity contribution < 1.29 is 19.1 Å². The highest BCUT2D eigenvalue weighted by molar-refractivity contribution is 5.97. The molecule has 0 aliphatic carbocycles. The van der Waals surface area contributed by atoms with Crippen LogP contribution >= 0.6 is 0 Å². The molecule has 2 amide bonds. The first-order chi connectivity index (χ1) is 14.7. The van der Waals surface area contributed by atoms with Gasteiger partial charge in [-0.3, -0.25) is 9.69 Å². The van der Waals surface area contributed by atoms with Gasteiger partial charge in [-0.25, -0.2) is 4.79 Å². The van der Waals surface area contributed by atoms with Crippen LogP contribution in [0.1, 0.15) is 27.2 Å². The lowest BCUT2D eigenvalue weighted by atomic mass is 10.1. The van der Waals surface area contributed by atoms with E-state index in [4.69, 9.17) is 15.0 Å². The molecule has 162 valence electrons. The smallest absolute Gasteiger partial charge is 0.410 e. The summed E-state index contributed by atoms with van der Waals surface area (Å²) in [4.78, 5) is 29.6. The molecule has 9 heteroatoms. The molecule has 0 bridgehead atoms. The number of nitrogens with zero attached hydrogens (tertiary/aromatic N) is 4. The molecule has 2 aromatic carbocycles. The van der Waals surface area contributed by atoms with Crippen LogP contribution in [0.5, 0.6) is 11.5 Å². The van der Waals surface area contributed by atoms with Crippen molar-refractivity contribution in [3.05, 3.63) is 65.0 Å². The van der Waals surface area contributed by atoms with Gasteiger partial charge in [-0.1, -0.05) is 23.3 Å². The molecular formula is C22H25N5O4. The lowest BCUT2D eigenvalue weighted by Crippen LogP contribution is -2.45. The third-order valence-electron chi connectivity index (χ3n) is 4.53. The van der Waals surface area contributed by atoms with Crippen LogP contribution in [0.3, 0.4) is 0 Å². The van der Waals surface area contributed by atoms with Crippen molar-refractivity contribution in [3.63, 3.8) is 0 Å². The van der Waals surface area contributed by atoms with E-state index < -0.39 is 23.8 Å². The molecule has 1 aliphatic rings. The van der Waals surface area contributed by atoms with Gasteiger partial charge in [0.2, 0.25) is 5.91 Å². The van der Waals surface area contributed by atoms with E-state index >= 15 is 0 Å². The van der Waals surface area contributed by atoms with Crippen LogP contribution < -0.4 is 10.1 Å². The molecule has 3 rings (SSSR count). The summed E-state index contributed by atoms with van der Waals surface area (Å²) in [7, 11) is 0. The summed E-state index contributed by atoms with van der Waals surface area (Å²) in [5.74, 6) is 0.962. The summed E-state index contributed by atoms with van der Waals surface area (Å²) in [5.41, 5.74) is 8.59. The second-order valence-electron chi connectivity index (χ2n) is 8.17. The first-order valence-corrected chi connectivity index (χ1v) is 9.93. The first-order valence-electron chi connectivity index (χ1n) is 9.93. The summed E-state index contributed by atoms with van der Waals surface area (Å²) >= 11 is 0. The summed E-state index contributed by atoms with van der Waals surface area (Å²) in [5, 5.41) is 6.49. The van der Waals surface area contributed by atoms with E-state index in [0.29, 0.717) is 17.2 Å². The Bertz CT molecular complexity index is 966. The van der Waals surface area contributed by atoms with Crippen LogP contribution in [0.25, 0.3) is 10.4 Å². The number of para-hydroxylation sites is 1. The Hall–Kier alpha value is -3.71. The Morgan fingerprint density at radius 2 is 1.74 bits per heavy atom. The predicted molar refractivity (Wildman–Crippen MR) is 116 cm³/mol. The monoisotopic (exact) mass is 423 g/mol. The molecule has 2 aromatic rings. The highest BCUT2D eigenvalue weighted by atomic mass is 16.6. The van der Waals surface area contributed by atoms with Gasteiger partial charge in [-0.05, 0) is 69.1 Å². The Morgan fingerprint density at radius 3 is 2.35 bits per heavy atom. The minimum atomic E-state index is -0.800. The highest BCUT2D eigenvalue weighted by Gasteiger charge is 2.41. The minimum absolute atomic E-state index is 0.126. The lowest BCUT2D eigenvalue weighted by molar-refractivity contribution is -0.120. The fourth-order valence-corrected chi connectivity index (χ4v) is 3.20. The lowest BCUT2D eigenvalue weighted by Gasteiger charge is -2.28. The summed E-state index contributed by atoms with van der Waals surface area (Å²) in [6, 6.07) is 15.0. The van der Waals surface area contributed by atoms with Crippen LogP contribution in [0.4, 0.5) is 10.5 Å². The molecule has 1 fully saturated rings. The second kappa shape index (κ2) is 9.40. The van der Waals surface area contributed by atoms with Crippen LogP contribution in [0.15, 0.2) is 59.7 Å². The molecule has 0 radical (unpaired) electrons. The van der Waals surface area contributed by atoms with E-state index in [9.17, 15) is 9.59 Å². The number of hydrogen-bond acceptors (Lipinski definition) is 5. The van der Waals surface area contributed by atoms with Crippen LogP contribution in [0, 0.1) is 0 Å². The zero-order chi connectivity index (χ0) is 22.4. The molecule has 0 aromatic heterocycles. The van der Waals surface area contributed by atoms with Gasteiger partial charge in [-0.2, -0.15) is 0 Å². The molecule has 1 N–H and O–H groups in total. The Kier molecular flexibility index (Phi) is 6.67. The topological polar surface area (TPSA) is 117 Å². The van der Waals surface area contributed by atoms with Crippen molar-refractivity contribution in [1.82, 2.24) is 4.90 Å². The number of anilines is 1. The molecule has 9 nitrogen and oxygen atoms in total. The Labute approximate surface area is 180 Å². The van der Waals surface area contributed by atoms with E-state index in [1.165, 1.54) is 4.90 Å². The number of nitrogens with one attached hydrogen (secondary N) is 1.